The Hall–Kier alpha value is -3.56. The van der Waals surface area contributed by atoms with E-state index in [-0.39, 0.29) is 23.0 Å². The molecular weight excluding hydrogens is 550 g/mol. The topological polar surface area (TPSA) is 96.0 Å². The van der Waals surface area contributed by atoms with Crippen molar-refractivity contribution in [2.75, 3.05) is 24.5 Å². The summed E-state index contributed by atoms with van der Waals surface area (Å²) in [6, 6.07) is 19.3. The minimum atomic E-state index is -4.20. The fourth-order valence-corrected chi connectivity index (χ4v) is 5.96. The fraction of sp³-hybridized carbons (Fsp3) is 0.333. The van der Waals surface area contributed by atoms with Gasteiger partial charge in [-0.1, -0.05) is 67.9 Å². The van der Waals surface area contributed by atoms with Crippen LogP contribution in [0.5, 0.6) is 5.75 Å². The molecule has 0 aromatic heterocycles. The number of carbonyl (C=O) groups is 2. The molecule has 1 atom stereocenters. The summed E-state index contributed by atoms with van der Waals surface area (Å²) in [6.07, 6.45) is 1.06. The maximum atomic E-state index is 14.1. The number of methoxy groups -OCH3 is 1. The van der Waals surface area contributed by atoms with Crippen molar-refractivity contribution in [2.24, 2.45) is 0 Å². The second kappa shape index (κ2) is 14.2. The summed E-state index contributed by atoms with van der Waals surface area (Å²) >= 11 is 6.43. The minimum absolute atomic E-state index is 0.0248. The standard InChI is InChI=1S/C30H36ClN3O5S/c1-5-18-32-30(36)26(6-2)33(20-23-12-10-11-15-25(23)31)29(35)21-34(27-19-22(3)16-17-28(27)39-4)40(37,38)24-13-8-7-9-14-24/h7-17,19,26H,5-6,18,20-21H2,1-4H3,(H,32,36)/t26-/m1/s1. The Morgan fingerprint density at radius 3 is 2.30 bits per heavy atom. The molecule has 0 aliphatic heterocycles. The Labute approximate surface area is 241 Å². The number of ether oxygens (including phenoxy) is 1. The molecule has 3 aromatic rings. The number of benzene rings is 3. The number of rotatable bonds is 13. The normalized spacial score (nSPS) is 11.9. The number of sulfonamides is 1. The van der Waals surface area contributed by atoms with Gasteiger partial charge < -0.3 is 15.0 Å². The molecule has 0 unspecified atom stereocenters. The van der Waals surface area contributed by atoms with E-state index in [9.17, 15) is 18.0 Å². The van der Waals surface area contributed by atoms with E-state index in [1.54, 1.807) is 60.7 Å². The van der Waals surface area contributed by atoms with E-state index < -0.39 is 28.5 Å². The lowest BCUT2D eigenvalue weighted by atomic mass is 10.1. The number of halogens is 1. The van der Waals surface area contributed by atoms with Crippen molar-refractivity contribution < 1.29 is 22.7 Å². The van der Waals surface area contributed by atoms with Crippen molar-refractivity contribution in [1.82, 2.24) is 10.2 Å². The molecule has 0 fully saturated rings. The van der Waals surface area contributed by atoms with Crippen LogP contribution in [0.2, 0.25) is 5.02 Å². The Morgan fingerprint density at radius 1 is 1.00 bits per heavy atom. The van der Waals surface area contributed by atoms with E-state index in [4.69, 9.17) is 16.3 Å². The summed E-state index contributed by atoms with van der Waals surface area (Å²) in [7, 11) is -2.76. The van der Waals surface area contributed by atoms with Gasteiger partial charge in [0.15, 0.2) is 0 Å². The second-order valence-electron chi connectivity index (χ2n) is 9.33. The smallest absolute Gasteiger partial charge is 0.264 e. The van der Waals surface area contributed by atoms with Crippen molar-refractivity contribution >= 4 is 39.1 Å². The van der Waals surface area contributed by atoms with Crippen molar-refractivity contribution in [1.29, 1.82) is 0 Å². The van der Waals surface area contributed by atoms with Crippen molar-refractivity contribution in [2.45, 2.75) is 51.1 Å². The Balaban J connectivity index is 2.12. The highest BCUT2D eigenvalue weighted by atomic mass is 35.5. The summed E-state index contributed by atoms with van der Waals surface area (Å²) in [5, 5.41) is 3.31. The van der Waals surface area contributed by atoms with Gasteiger partial charge in [0, 0.05) is 18.1 Å². The second-order valence-corrected chi connectivity index (χ2v) is 11.6. The zero-order valence-electron chi connectivity index (χ0n) is 23.3. The first kappa shape index (κ1) is 31.0. The molecule has 1 N–H and O–H groups in total. The molecule has 8 nitrogen and oxygen atoms in total. The molecule has 0 saturated heterocycles. The molecule has 0 bridgehead atoms. The van der Waals surface area contributed by atoms with Gasteiger partial charge in [-0.25, -0.2) is 8.42 Å². The maximum Gasteiger partial charge on any atom is 0.264 e. The van der Waals surface area contributed by atoms with Gasteiger partial charge in [-0.15, -0.1) is 0 Å². The lowest BCUT2D eigenvalue weighted by molar-refractivity contribution is -0.140. The monoisotopic (exact) mass is 585 g/mol. The Kier molecular flexibility index (Phi) is 11.0. The van der Waals surface area contributed by atoms with Crippen LogP contribution in [0.25, 0.3) is 0 Å². The van der Waals surface area contributed by atoms with Gasteiger partial charge in [0.1, 0.15) is 18.3 Å². The van der Waals surface area contributed by atoms with E-state index in [0.29, 0.717) is 29.3 Å². The van der Waals surface area contributed by atoms with E-state index in [2.05, 4.69) is 5.32 Å². The number of anilines is 1. The van der Waals surface area contributed by atoms with Crippen LogP contribution in [0.4, 0.5) is 5.69 Å². The highest BCUT2D eigenvalue weighted by Crippen LogP contribution is 2.34. The number of hydrogen-bond donors (Lipinski definition) is 1. The van der Waals surface area contributed by atoms with Crippen LogP contribution in [0.3, 0.4) is 0 Å². The first-order valence-electron chi connectivity index (χ1n) is 13.2. The molecule has 0 heterocycles. The molecule has 10 heteroatoms. The van der Waals surface area contributed by atoms with Crippen LogP contribution in [0.15, 0.2) is 77.7 Å². The van der Waals surface area contributed by atoms with E-state index >= 15 is 0 Å². The summed E-state index contributed by atoms with van der Waals surface area (Å²) in [5.74, 6) is -0.569. The minimum Gasteiger partial charge on any atom is -0.495 e. The third-order valence-electron chi connectivity index (χ3n) is 6.45. The van der Waals surface area contributed by atoms with Crippen LogP contribution >= 0.6 is 11.6 Å². The van der Waals surface area contributed by atoms with Crippen molar-refractivity contribution in [3.63, 3.8) is 0 Å². The van der Waals surface area contributed by atoms with Crippen LogP contribution < -0.4 is 14.4 Å². The van der Waals surface area contributed by atoms with Gasteiger partial charge >= 0.3 is 0 Å². The molecule has 214 valence electrons. The third kappa shape index (κ3) is 7.34. The first-order valence-corrected chi connectivity index (χ1v) is 15.0. The van der Waals surface area contributed by atoms with Crippen LogP contribution in [0, 0.1) is 6.92 Å². The molecule has 2 amide bonds. The zero-order valence-corrected chi connectivity index (χ0v) is 24.8. The number of amides is 2. The molecular formula is C30H36ClN3O5S. The van der Waals surface area contributed by atoms with E-state index in [1.165, 1.54) is 24.1 Å². The molecule has 3 aromatic carbocycles. The third-order valence-corrected chi connectivity index (χ3v) is 8.59. The molecule has 3 rings (SSSR count). The predicted molar refractivity (Wildman–Crippen MR) is 158 cm³/mol. The van der Waals surface area contributed by atoms with Gasteiger partial charge in [0.2, 0.25) is 11.8 Å². The fourth-order valence-electron chi connectivity index (χ4n) is 4.32. The summed E-state index contributed by atoms with van der Waals surface area (Å²) in [4.78, 5) is 28.8. The summed E-state index contributed by atoms with van der Waals surface area (Å²) in [6.45, 7) is 5.51. The zero-order chi connectivity index (χ0) is 29.3. The molecule has 40 heavy (non-hydrogen) atoms. The van der Waals surface area contributed by atoms with Gasteiger partial charge in [-0.05, 0) is 61.2 Å². The lowest BCUT2D eigenvalue weighted by Crippen LogP contribution is -2.52. The molecule has 0 aliphatic rings. The Bertz CT molecular complexity index is 1420. The van der Waals surface area contributed by atoms with E-state index in [1.807, 2.05) is 20.8 Å². The number of hydrogen-bond acceptors (Lipinski definition) is 5. The molecule has 0 saturated carbocycles. The van der Waals surface area contributed by atoms with Gasteiger partial charge in [-0.3, -0.25) is 13.9 Å². The van der Waals surface area contributed by atoms with Crippen LogP contribution in [-0.4, -0.2) is 51.4 Å². The maximum absolute atomic E-state index is 14.1. The van der Waals surface area contributed by atoms with Gasteiger partial charge in [0.05, 0.1) is 17.7 Å². The Morgan fingerprint density at radius 2 is 1.68 bits per heavy atom. The number of carbonyl (C=O) groups excluding carboxylic acids is 2. The number of aryl methyl sites for hydroxylation is 1. The predicted octanol–water partition coefficient (Wildman–Crippen LogP) is 5.19. The SMILES string of the molecule is CCCNC(=O)[C@@H](CC)N(Cc1ccccc1Cl)C(=O)CN(c1cc(C)ccc1OC)S(=O)(=O)c1ccccc1. The lowest BCUT2D eigenvalue weighted by Gasteiger charge is -2.33. The average Bonchev–Trinajstić information content (AvgIpc) is 2.95. The van der Waals surface area contributed by atoms with Gasteiger partial charge in [0.25, 0.3) is 10.0 Å². The first-order chi connectivity index (χ1) is 19.1. The van der Waals surface area contributed by atoms with Crippen molar-refractivity contribution in [3.8, 4) is 5.75 Å². The molecule has 0 aliphatic carbocycles. The summed E-state index contributed by atoms with van der Waals surface area (Å²) in [5.41, 5.74) is 1.65. The number of nitrogens with one attached hydrogen (secondary N) is 1. The van der Waals surface area contributed by atoms with Crippen LogP contribution in [0.1, 0.15) is 37.8 Å². The molecule has 0 spiro atoms. The highest BCUT2D eigenvalue weighted by Gasteiger charge is 2.35. The highest BCUT2D eigenvalue weighted by molar-refractivity contribution is 7.92. The number of nitrogens with zero attached hydrogens (tertiary/aromatic N) is 2. The molecule has 0 radical (unpaired) electrons. The summed E-state index contributed by atoms with van der Waals surface area (Å²) < 4.78 is 34.5. The largest absolute Gasteiger partial charge is 0.495 e. The van der Waals surface area contributed by atoms with Gasteiger partial charge in [-0.2, -0.15) is 0 Å². The van der Waals surface area contributed by atoms with Crippen LogP contribution in [-0.2, 0) is 26.2 Å². The quantitative estimate of drug-likeness (QED) is 0.298. The van der Waals surface area contributed by atoms with Crippen molar-refractivity contribution in [3.05, 3.63) is 88.9 Å². The van der Waals surface area contributed by atoms with E-state index in [0.717, 1.165) is 16.3 Å². The average molecular weight is 586 g/mol.